The summed E-state index contributed by atoms with van der Waals surface area (Å²) in [5.41, 5.74) is 5.12. The topological polar surface area (TPSA) is 30.2 Å². The molecule has 3 aliphatic rings. The average Bonchev–Trinajstić information content (AvgIpc) is 2.95. The summed E-state index contributed by atoms with van der Waals surface area (Å²) >= 11 is 0. The van der Waals surface area contributed by atoms with Crippen molar-refractivity contribution in [1.29, 1.82) is 0 Å². The molecule has 3 heteroatoms. The molecule has 1 aromatic rings. The van der Waals surface area contributed by atoms with Gasteiger partial charge in [-0.05, 0) is 50.2 Å². The first kappa shape index (κ1) is 13.5. The molecule has 1 unspecified atom stereocenters. The third-order valence-electron chi connectivity index (χ3n) is 4.55. The zero-order chi connectivity index (χ0) is 14.9. The molecule has 2 aliphatic carbocycles. The molecule has 0 fully saturated rings. The van der Waals surface area contributed by atoms with Gasteiger partial charge in [0.25, 0.3) is 0 Å². The Morgan fingerprint density at radius 2 is 2.18 bits per heavy atom. The maximum Gasteiger partial charge on any atom is 0.142 e. The summed E-state index contributed by atoms with van der Waals surface area (Å²) in [6, 6.07) is 0. The van der Waals surface area contributed by atoms with Crippen molar-refractivity contribution in [2.45, 2.75) is 39.0 Å². The molecule has 1 aliphatic heterocycles. The second-order valence-corrected chi connectivity index (χ2v) is 6.29. The van der Waals surface area contributed by atoms with Crippen LogP contribution in [0.5, 0.6) is 0 Å². The van der Waals surface area contributed by atoms with Crippen molar-refractivity contribution in [3.8, 4) is 0 Å². The molecule has 22 heavy (non-hydrogen) atoms. The Bertz CT molecular complexity index is 741. The van der Waals surface area contributed by atoms with Crippen LogP contribution in [0.2, 0.25) is 0 Å². The number of rotatable bonds is 2. The summed E-state index contributed by atoms with van der Waals surface area (Å²) in [4.78, 5) is 9.30. The molecule has 1 atom stereocenters. The molecule has 1 aromatic heterocycles. The molecule has 0 saturated carbocycles. The van der Waals surface area contributed by atoms with E-state index in [0.29, 0.717) is 5.92 Å². The summed E-state index contributed by atoms with van der Waals surface area (Å²) in [5.74, 6) is 1.68. The fraction of sp³-hybridized carbons (Fsp3) is 0.368. The summed E-state index contributed by atoms with van der Waals surface area (Å²) < 4.78 is 2.41. The number of aromatic nitrogens is 2. The van der Waals surface area contributed by atoms with E-state index in [1.807, 2.05) is 12.4 Å². The fourth-order valence-electron chi connectivity index (χ4n) is 3.40. The van der Waals surface area contributed by atoms with Gasteiger partial charge in [-0.1, -0.05) is 25.2 Å². The highest BCUT2D eigenvalue weighted by Crippen LogP contribution is 2.33. The first-order chi connectivity index (χ1) is 10.8. The molecule has 0 N–H and O–H groups in total. The number of aliphatic imine (C=N–C) groups is 1. The van der Waals surface area contributed by atoms with E-state index in [9.17, 15) is 0 Å². The van der Waals surface area contributed by atoms with E-state index in [4.69, 9.17) is 4.98 Å². The van der Waals surface area contributed by atoms with Crippen LogP contribution in [0.25, 0.3) is 17.3 Å². The number of hydrogen-bond acceptors (Lipinski definition) is 2. The van der Waals surface area contributed by atoms with Gasteiger partial charge in [0, 0.05) is 23.7 Å². The highest BCUT2D eigenvalue weighted by molar-refractivity contribution is 5.74. The number of nitrogens with zero attached hydrogens (tertiary/aromatic N) is 3. The Labute approximate surface area is 131 Å². The Balaban J connectivity index is 1.89. The first-order valence-corrected chi connectivity index (χ1v) is 8.20. The molecule has 0 spiro atoms. The van der Waals surface area contributed by atoms with Gasteiger partial charge in [0.2, 0.25) is 0 Å². The number of imidazole rings is 1. The highest BCUT2D eigenvalue weighted by atomic mass is 15.1. The van der Waals surface area contributed by atoms with Gasteiger partial charge in [-0.15, -0.1) is 0 Å². The number of fused-ring (bicyclic) bond motifs is 1. The van der Waals surface area contributed by atoms with Crippen LogP contribution in [0.1, 0.15) is 49.8 Å². The molecule has 4 rings (SSSR count). The minimum atomic E-state index is 0.578. The van der Waals surface area contributed by atoms with E-state index in [0.717, 1.165) is 43.6 Å². The van der Waals surface area contributed by atoms with E-state index in [-0.39, 0.29) is 0 Å². The summed E-state index contributed by atoms with van der Waals surface area (Å²) in [6.45, 7) is 2.27. The van der Waals surface area contributed by atoms with Gasteiger partial charge in [0.1, 0.15) is 5.82 Å². The largest absolute Gasteiger partial charge is 0.300 e. The van der Waals surface area contributed by atoms with Crippen LogP contribution >= 0.6 is 0 Å². The molecular formula is C19H21N3. The van der Waals surface area contributed by atoms with E-state index in [1.165, 1.54) is 17.0 Å². The van der Waals surface area contributed by atoms with E-state index < -0.39 is 0 Å². The van der Waals surface area contributed by atoms with Gasteiger partial charge < -0.3 is 4.57 Å². The van der Waals surface area contributed by atoms with Crippen LogP contribution in [-0.2, 0) is 6.42 Å². The van der Waals surface area contributed by atoms with Gasteiger partial charge in [0.05, 0.1) is 11.4 Å². The second-order valence-electron chi connectivity index (χ2n) is 6.29. The number of allylic oxidation sites excluding steroid dienone is 6. The first-order valence-electron chi connectivity index (χ1n) is 8.20. The summed E-state index contributed by atoms with van der Waals surface area (Å²) in [6.07, 6.45) is 20.4. The molecule has 0 bridgehead atoms. The predicted molar refractivity (Wildman–Crippen MR) is 92.5 cm³/mol. The normalized spacial score (nSPS) is 23.2. The van der Waals surface area contributed by atoms with Crippen molar-refractivity contribution < 1.29 is 0 Å². The van der Waals surface area contributed by atoms with Crippen LogP contribution < -0.4 is 0 Å². The highest BCUT2D eigenvalue weighted by Gasteiger charge is 2.24. The third kappa shape index (κ3) is 2.31. The van der Waals surface area contributed by atoms with Gasteiger partial charge in [-0.3, -0.25) is 4.99 Å². The summed E-state index contributed by atoms with van der Waals surface area (Å²) in [5, 5.41) is 0. The van der Waals surface area contributed by atoms with Gasteiger partial charge in [-0.25, -0.2) is 4.98 Å². The zero-order valence-electron chi connectivity index (χ0n) is 13.0. The Kier molecular flexibility index (Phi) is 3.41. The monoisotopic (exact) mass is 291 g/mol. The smallest absolute Gasteiger partial charge is 0.142 e. The summed E-state index contributed by atoms with van der Waals surface area (Å²) in [7, 11) is 0. The van der Waals surface area contributed by atoms with Crippen LogP contribution in [-0.4, -0.2) is 15.8 Å². The molecule has 0 aromatic carbocycles. The van der Waals surface area contributed by atoms with Crippen LogP contribution in [0, 0.1) is 5.92 Å². The van der Waals surface area contributed by atoms with Crippen molar-refractivity contribution in [1.82, 2.24) is 9.55 Å². The lowest BCUT2D eigenvalue weighted by atomic mass is 9.97. The zero-order valence-corrected chi connectivity index (χ0v) is 13.0. The lowest BCUT2D eigenvalue weighted by Gasteiger charge is -2.20. The predicted octanol–water partition coefficient (Wildman–Crippen LogP) is 4.48. The quantitative estimate of drug-likeness (QED) is 0.790. The maximum absolute atomic E-state index is 4.95. The number of hydrogen-bond donors (Lipinski definition) is 0. The standard InChI is InChI=1S/C19H21N3/c1-14-9-10-17-18(12-14)22(16-7-3-2-4-8-16)19(21-17)15-6-5-11-20-13-15/h2-3,7,9-11,13-14H,4-6,8,12H2,1H3. The van der Waals surface area contributed by atoms with Gasteiger partial charge >= 0.3 is 0 Å². The Hall–Kier alpha value is -2.16. The van der Waals surface area contributed by atoms with Gasteiger partial charge in [0.15, 0.2) is 0 Å². The minimum Gasteiger partial charge on any atom is -0.300 e. The van der Waals surface area contributed by atoms with Crippen LogP contribution in [0.3, 0.4) is 0 Å². The van der Waals surface area contributed by atoms with Crippen molar-refractivity contribution in [2.75, 3.05) is 0 Å². The maximum atomic E-state index is 4.95. The minimum absolute atomic E-state index is 0.578. The third-order valence-corrected chi connectivity index (χ3v) is 4.55. The fourth-order valence-corrected chi connectivity index (χ4v) is 3.40. The Morgan fingerprint density at radius 1 is 1.23 bits per heavy atom. The lowest BCUT2D eigenvalue weighted by Crippen LogP contribution is -2.12. The van der Waals surface area contributed by atoms with Crippen molar-refractivity contribution in [2.24, 2.45) is 10.9 Å². The molecule has 2 heterocycles. The van der Waals surface area contributed by atoms with Gasteiger partial charge in [-0.2, -0.15) is 0 Å². The molecular weight excluding hydrogens is 270 g/mol. The van der Waals surface area contributed by atoms with E-state index >= 15 is 0 Å². The van der Waals surface area contributed by atoms with E-state index in [1.54, 1.807) is 0 Å². The van der Waals surface area contributed by atoms with Crippen LogP contribution in [0.4, 0.5) is 0 Å². The molecule has 0 saturated heterocycles. The SMILES string of the molecule is CC1C=Cc2nc(C3=CN=CCC3)n(C3=CC=CCC3)c2C1. The average molecular weight is 291 g/mol. The molecule has 3 nitrogen and oxygen atoms in total. The van der Waals surface area contributed by atoms with Crippen molar-refractivity contribution in [3.63, 3.8) is 0 Å². The Morgan fingerprint density at radius 3 is 2.95 bits per heavy atom. The van der Waals surface area contributed by atoms with Crippen molar-refractivity contribution >= 4 is 23.6 Å². The molecule has 0 radical (unpaired) electrons. The molecule has 0 amide bonds. The molecule has 112 valence electrons. The van der Waals surface area contributed by atoms with Crippen molar-refractivity contribution in [3.05, 3.63) is 47.7 Å². The lowest BCUT2D eigenvalue weighted by molar-refractivity contribution is 0.684. The second kappa shape index (κ2) is 5.56. The van der Waals surface area contributed by atoms with Crippen LogP contribution in [0.15, 0.2) is 35.5 Å². The van der Waals surface area contributed by atoms with E-state index in [2.05, 4.69) is 46.9 Å².